The molecule has 2 fully saturated rings. The van der Waals surface area contributed by atoms with Crippen molar-refractivity contribution < 1.29 is 13.2 Å². The maximum absolute atomic E-state index is 12.8. The van der Waals surface area contributed by atoms with Crippen molar-refractivity contribution in [3.05, 3.63) is 24.0 Å². The molecule has 1 atom stereocenters. The van der Waals surface area contributed by atoms with E-state index < -0.39 is 9.84 Å². The minimum Gasteiger partial charge on any atom is -0.381 e. The smallest absolute Gasteiger partial charge is 0.272 e. The summed E-state index contributed by atoms with van der Waals surface area (Å²) < 4.78 is 23.4. The van der Waals surface area contributed by atoms with E-state index in [1.54, 1.807) is 17.2 Å². The van der Waals surface area contributed by atoms with Gasteiger partial charge in [-0.05, 0) is 38.3 Å². The molecule has 3 rings (SSSR count). The summed E-state index contributed by atoms with van der Waals surface area (Å²) in [7, 11) is -3.02. The van der Waals surface area contributed by atoms with Gasteiger partial charge in [0.1, 0.15) is 5.69 Å². The third-order valence-corrected chi connectivity index (χ3v) is 7.21. The molecule has 26 heavy (non-hydrogen) atoms. The second kappa shape index (κ2) is 8.37. The number of carbonyl (C=O) groups excluding carboxylic acids is 1. The Morgan fingerprint density at radius 3 is 2.46 bits per heavy atom. The maximum Gasteiger partial charge on any atom is 0.272 e. The highest BCUT2D eigenvalue weighted by Crippen LogP contribution is 2.22. The van der Waals surface area contributed by atoms with E-state index >= 15 is 0 Å². The van der Waals surface area contributed by atoms with E-state index in [0.29, 0.717) is 24.7 Å². The molecule has 1 saturated carbocycles. The van der Waals surface area contributed by atoms with Gasteiger partial charge < -0.3 is 10.2 Å². The maximum atomic E-state index is 12.8. The Labute approximate surface area is 156 Å². The van der Waals surface area contributed by atoms with E-state index in [0.717, 1.165) is 5.69 Å². The van der Waals surface area contributed by atoms with Crippen molar-refractivity contribution in [2.45, 2.75) is 64.0 Å². The molecule has 1 N–H and O–H groups in total. The third kappa shape index (κ3) is 4.75. The average molecular weight is 380 g/mol. The van der Waals surface area contributed by atoms with Crippen molar-refractivity contribution in [1.29, 1.82) is 0 Å². The van der Waals surface area contributed by atoms with Gasteiger partial charge in [-0.3, -0.25) is 4.79 Å². The number of nitrogens with one attached hydrogen (secondary N) is 1. The molecule has 1 unspecified atom stereocenters. The van der Waals surface area contributed by atoms with Gasteiger partial charge in [-0.15, -0.1) is 0 Å². The van der Waals surface area contributed by atoms with Gasteiger partial charge in [0.2, 0.25) is 0 Å². The number of rotatable bonds is 5. The first kappa shape index (κ1) is 19.1. The molecule has 1 aliphatic carbocycles. The zero-order valence-electron chi connectivity index (χ0n) is 15.5. The second-order valence-corrected chi connectivity index (χ2v) is 9.64. The summed E-state index contributed by atoms with van der Waals surface area (Å²) in [6.45, 7) is 2.37. The molecule has 0 radical (unpaired) electrons. The quantitative estimate of drug-likeness (QED) is 0.796. The van der Waals surface area contributed by atoms with Crippen LogP contribution < -0.4 is 5.32 Å². The van der Waals surface area contributed by atoms with Crippen LogP contribution in [-0.4, -0.2) is 54.3 Å². The van der Waals surface area contributed by atoms with Crippen molar-refractivity contribution in [2.24, 2.45) is 0 Å². The van der Waals surface area contributed by atoms with Crippen LogP contribution in [0.25, 0.3) is 0 Å². The number of aromatic nitrogens is 1. The highest BCUT2D eigenvalue weighted by molar-refractivity contribution is 7.91. The Kier molecular flexibility index (Phi) is 6.16. The van der Waals surface area contributed by atoms with Crippen molar-refractivity contribution in [3.8, 4) is 0 Å². The molecule has 0 aromatic carbocycles. The van der Waals surface area contributed by atoms with Gasteiger partial charge >= 0.3 is 0 Å². The zero-order chi connectivity index (χ0) is 18.6. The molecule has 2 heterocycles. The lowest BCUT2D eigenvalue weighted by Gasteiger charge is -2.26. The van der Waals surface area contributed by atoms with Crippen molar-refractivity contribution in [3.63, 3.8) is 0 Å². The SMILES string of the molecule is CCN(C(=O)c1ccc(NC2CCCCCC2)cn1)C1CCS(=O)(=O)C1. The summed E-state index contributed by atoms with van der Waals surface area (Å²) in [6, 6.07) is 3.90. The van der Waals surface area contributed by atoms with Crippen LogP contribution in [0.3, 0.4) is 0 Å². The van der Waals surface area contributed by atoms with Crippen molar-refractivity contribution in [1.82, 2.24) is 9.88 Å². The molecule has 1 aromatic heterocycles. The number of pyridine rings is 1. The number of amides is 1. The van der Waals surface area contributed by atoms with Gasteiger partial charge in [0.25, 0.3) is 5.91 Å². The molecule has 1 aromatic rings. The normalized spacial score (nSPS) is 23.3. The number of hydrogen-bond donors (Lipinski definition) is 1. The molecular formula is C19H29N3O3S. The van der Waals surface area contributed by atoms with Crippen LogP contribution in [-0.2, 0) is 9.84 Å². The number of nitrogens with zero attached hydrogens (tertiary/aromatic N) is 2. The Morgan fingerprint density at radius 1 is 1.19 bits per heavy atom. The first-order valence-corrected chi connectivity index (χ1v) is 11.5. The molecule has 6 nitrogen and oxygen atoms in total. The lowest BCUT2D eigenvalue weighted by Crippen LogP contribution is -2.41. The number of sulfone groups is 1. The van der Waals surface area contributed by atoms with Crippen molar-refractivity contribution in [2.75, 3.05) is 23.4 Å². The molecular weight excluding hydrogens is 350 g/mol. The standard InChI is InChI=1S/C19H29N3O3S/c1-2-22(17-11-12-26(24,25)14-17)19(23)18-10-9-16(13-20-18)21-15-7-5-3-4-6-8-15/h9-10,13,15,17,21H,2-8,11-12,14H2,1H3. The predicted molar refractivity (Wildman–Crippen MR) is 103 cm³/mol. The fourth-order valence-electron chi connectivity index (χ4n) is 4.00. The number of hydrogen-bond acceptors (Lipinski definition) is 5. The largest absolute Gasteiger partial charge is 0.381 e. The van der Waals surface area contributed by atoms with Crippen LogP contribution in [0, 0.1) is 0 Å². The summed E-state index contributed by atoms with van der Waals surface area (Å²) in [5, 5.41) is 3.53. The molecule has 2 aliphatic rings. The molecule has 1 aliphatic heterocycles. The van der Waals surface area contributed by atoms with Crippen LogP contribution >= 0.6 is 0 Å². The molecule has 144 valence electrons. The Bertz CT molecular complexity index is 710. The third-order valence-electron chi connectivity index (χ3n) is 5.46. The first-order chi connectivity index (χ1) is 12.5. The van der Waals surface area contributed by atoms with E-state index in [9.17, 15) is 13.2 Å². The highest BCUT2D eigenvalue weighted by Gasteiger charge is 2.34. The van der Waals surface area contributed by atoms with Gasteiger partial charge in [0.05, 0.1) is 23.4 Å². The summed E-state index contributed by atoms with van der Waals surface area (Å²) in [5.41, 5.74) is 1.32. The summed E-state index contributed by atoms with van der Waals surface area (Å²) >= 11 is 0. The van der Waals surface area contributed by atoms with Crippen LogP contribution in [0.15, 0.2) is 18.3 Å². The van der Waals surface area contributed by atoms with E-state index in [4.69, 9.17) is 0 Å². The van der Waals surface area contributed by atoms with Gasteiger partial charge in [-0.25, -0.2) is 13.4 Å². The van der Waals surface area contributed by atoms with Gasteiger partial charge in [-0.2, -0.15) is 0 Å². The van der Waals surface area contributed by atoms with E-state index in [-0.39, 0.29) is 23.5 Å². The molecule has 1 saturated heterocycles. The van der Waals surface area contributed by atoms with E-state index in [1.165, 1.54) is 38.5 Å². The molecule has 1 amide bonds. The van der Waals surface area contributed by atoms with E-state index in [2.05, 4.69) is 10.3 Å². The van der Waals surface area contributed by atoms with E-state index in [1.807, 2.05) is 13.0 Å². The fraction of sp³-hybridized carbons (Fsp3) is 0.684. The monoisotopic (exact) mass is 379 g/mol. The zero-order valence-corrected chi connectivity index (χ0v) is 16.3. The van der Waals surface area contributed by atoms with Gasteiger partial charge in [-0.1, -0.05) is 25.7 Å². The number of anilines is 1. The van der Waals surface area contributed by atoms with Gasteiger partial charge in [0, 0.05) is 18.6 Å². The average Bonchev–Trinajstić information content (AvgIpc) is 2.82. The Balaban J connectivity index is 1.64. The molecule has 0 spiro atoms. The summed E-state index contributed by atoms with van der Waals surface area (Å²) in [6.07, 6.45) is 9.75. The summed E-state index contributed by atoms with van der Waals surface area (Å²) in [5.74, 6) is 0.0446. The predicted octanol–water partition coefficient (Wildman–Crippen LogP) is 2.87. The Morgan fingerprint density at radius 2 is 1.92 bits per heavy atom. The lowest BCUT2D eigenvalue weighted by molar-refractivity contribution is 0.0702. The van der Waals surface area contributed by atoms with Crippen molar-refractivity contribution >= 4 is 21.4 Å². The van der Waals surface area contributed by atoms with Crippen LogP contribution in [0.4, 0.5) is 5.69 Å². The minimum absolute atomic E-state index is 0.0634. The molecule has 0 bridgehead atoms. The van der Waals surface area contributed by atoms with Crippen LogP contribution in [0.5, 0.6) is 0 Å². The topological polar surface area (TPSA) is 79.4 Å². The van der Waals surface area contributed by atoms with Crippen LogP contribution in [0.2, 0.25) is 0 Å². The molecule has 7 heteroatoms. The lowest BCUT2D eigenvalue weighted by atomic mass is 10.1. The second-order valence-electron chi connectivity index (χ2n) is 7.41. The Hall–Kier alpha value is -1.63. The van der Waals surface area contributed by atoms with Crippen LogP contribution in [0.1, 0.15) is 62.4 Å². The number of carbonyl (C=O) groups is 1. The van der Waals surface area contributed by atoms with Gasteiger partial charge in [0.15, 0.2) is 9.84 Å². The highest BCUT2D eigenvalue weighted by atomic mass is 32.2. The fourth-order valence-corrected chi connectivity index (χ4v) is 5.73. The minimum atomic E-state index is -3.02. The first-order valence-electron chi connectivity index (χ1n) is 9.72. The summed E-state index contributed by atoms with van der Waals surface area (Å²) in [4.78, 5) is 18.8.